The highest BCUT2D eigenvalue weighted by atomic mass is 16.5. The van der Waals surface area contributed by atoms with Gasteiger partial charge in [-0.25, -0.2) is 9.97 Å². The van der Waals surface area contributed by atoms with Crippen molar-refractivity contribution in [3.63, 3.8) is 0 Å². The minimum atomic E-state index is -1.03. The minimum Gasteiger partial charge on any atom is -0.481 e. The van der Waals surface area contributed by atoms with Gasteiger partial charge in [-0.3, -0.25) is 9.59 Å². The molecule has 0 saturated carbocycles. The van der Waals surface area contributed by atoms with E-state index in [1.807, 2.05) is 30.3 Å². The summed E-state index contributed by atoms with van der Waals surface area (Å²) in [5.41, 5.74) is 0.805. The summed E-state index contributed by atoms with van der Waals surface area (Å²) in [6, 6.07) is 10.9. The molecule has 1 aromatic carbocycles. The van der Waals surface area contributed by atoms with Crippen LogP contribution in [0.4, 0.5) is 5.95 Å². The third-order valence-electron chi connectivity index (χ3n) is 3.00. The number of aliphatic carboxylic acids is 1. The second-order valence-electron chi connectivity index (χ2n) is 4.74. The van der Waals surface area contributed by atoms with E-state index >= 15 is 0 Å². The molecule has 0 aliphatic rings. The molecule has 7 heteroatoms. The van der Waals surface area contributed by atoms with Crippen LogP contribution in [-0.4, -0.2) is 33.6 Å². The number of hydrogen-bond acceptors (Lipinski definition) is 6. The molecule has 7 nitrogen and oxygen atoms in total. The topological polar surface area (TPSA) is 101 Å². The van der Waals surface area contributed by atoms with Gasteiger partial charge in [0, 0.05) is 12.4 Å². The van der Waals surface area contributed by atoms with Gasteiger partial charge in [0.2, 0.25) is 5.95 Å². The summed E-state index contributed by atoms with van der Waals surface area (Å²) < 4.78 is 5.39. The van der Waals surface area contributed by atoms with Crippen LogP contribution in [0.2, 0.25) is 0 Å². The van der Waals surface area contributed by atoms with Gasteiger partial charge in [-0.2, -0.15) is 0 Å². The van der Waals surface area contributed by atoms with Crippen molar-refractivity contribution in [2.75, 3.05) is 11.9 Å². The molecule has 120 valence electrons. The van der Waals surface area contributed by atoms with Crippen LogP contribution in [0.5, 0.6) is 0 Å². The molecule has 1 atom stereocenters. The number of esters is 1. The number of aromatic nitrogens is 2. The van der Waals surface area contributed by atoms with Gasteiger partial charge in [0.25, 0.3) is 0 Å². The van der Waals surface area contributed by atoms with E-state index in [4.69, 9.17) is 9.84 Å². The Hall–Kier alpha value is -2.96. The van der Waals surface area contributed by atoms with Gasteiger partial charge < -0.3 is 15.2 Å². The molecule has 0 fully saturated rings. The van der Waals surface area contributed by atoms with Gasteiger partial charge in [0.15, 0.2) is 0 Å². The van der Waals surface area contributed by atoms with Crippen LogP contribution >= 0.6 is 0 Å². The molecular weight excluding hydrogens is 298 g/mol. The Morgan fingerprint density at radius 1 is 1.09 bits per heavy atom. The van der Waals surface area contributed by atoms with E-state index < -0.39 is 18.0 Å². The summed E-state index contributed by atoms with van der Waals surface area (Å²) in [6.45, 7) is 0.285. The lowest BCUT2D eigenvalue weighted by Crippen LogP contribution is -2.20. The van der Waals surface area contributed by atoms with E-state index in [0.29, 0.717) is 5.95 Å². The summed E-state index contributed by atoms with van der Waals surface area (Å²) in [7, 11) is 0. The molecule has 0 bridgehead atoms. The van der Waals surface area contributed by atoms with Gasteiger partial charge in [-0.05, 0) is 11.6 Å². The largest absolute Gasteiger partial charge is 0.481 e. The number of nitrogens with one attached hydrogen (secondary N) is 1. The normalized spacial score (nSPS) is 11.5. The fourth-order valence-electron chi connectivity index (χ4n) is 1.90. The van der Waals surface area contributed by atoms with Gasteiger partial charge in [-0.15, -0.1) is 0 Å². The fourth-order valence-corrected chi connectivity index (χ4v) is 1.90. The second-order valence-corrected chi connectivity index (χ2v) is 4.74. The molecule has 2 N–H and O–H groups in total. The van der Waals surface area contributed by atoms with Gasteiger partial charge in [0.05, 0.1) is 19.4 Å². The Labute approximate surface area is 133 Å². The highest BCUT2D eigenvalue weighted by Crippen LogP contribution is 2.18. The Kier molecular flexibility index (Phi) is 6.05. The van der Waals surface area contributed by atoms with Gasteiger partial charge in [0.1, 0.15) is 6.10 Å². The quantitative estimate of drug-likeness (QED) is 0.719. The number of ether oxygens (including phenoxy) is 1. The number of benzene rings is 1. The van der Waals surface area contributed by atoms with Crippen molar-refractivity contribution in [3.05, 3.63) is 54.4 Å². The Balaban J connectivity index is 2.00. The van der Waals surface area contributed by atoms with Gasteiger partial charge in [-0.1, -0.05) is 30.3 Å². The number of hydrogen-bond donors (Lipinski definition) is 2. The van der Waals surface area contributed by atoms with Crippen LogP contribution in [0.3, 0.4) is 0 Å². The van der Waals surface area contributed by atoms with Crippen molar-refractivity contribution < 1.29 is 19.4 Å². The Morgan fingerprint density at radius 3 is 2.43 bits per heavy atom. The fraction of sp³-hybridized carbons (Fsp3) is 0.250. The summed E-state index contributed by atoms with van der Waals surface area (Å²) in [4.78, 5) is 30.4. The molecule has 0 aliphatic carbocycles. The first-order chi connectivity index (χ1) is 11.1. The molecule has 1 heterocycles. The van der Waals surface area contributed by atoms with Crippen LogP contribution in [0, 0.1) is 0 Å². The first-order valence-electron chi connectivity index (χ1n) is 7.12. The summed E-state index contributed by atoms with van der Waals surface area (Å²) in [5, 5.41) is 11.6. The highest BCUT2D eigenvalue weighted by Gasteiger charge is 2.17. The number of anilines is 1. The monoisotopic (exact) mass is 315 g/mol. The van der Waals surface area contributed by atoms with Crippen molar-refractivity contribution in [2.45, 2.75) is 18.9 Å². The Morgan fingerprint density at radius 2 is 1.78 bits per heavy atom. The smallest absolute Gasteiger partial charge is 0.307 e. The lowest BCUT2D eigenvalue weighted by atomic mass is 10.1. The van der Waals surface area contributed by atoms with Crippen molar-refractivity contribution in [3.8, 4) is 0 Å². The number of rotatable bonds is 8. The predicted molar refractivity (Wildman–Crippen MR) is 82.7 cm³/mol. The zero-order chi connectivity index (χ0) is 16.5. The van der Waals surface area contributed by atoms with Crippen molar-refractivity contribution in [2.24, 2.45) is 0 Å². The summed E-state index contributed by atoms with van der Waals surface area (Å²) in [5.74, 6) is -1.17. The van der Waals surface area contributed by atoms with E-state index in [1.54, 1.807) is 18.5 Å². The molecule has 0 spiro atoms. The first-order valence-corrected chi connectivity index (χ1v) is 7.12. The molecule has 0 saturated heterocycles. The molecule has 2 rings (SSSR count). The minimum absolute atomic E-state index is 0.166. The van der Waals surface area contributed by atoms with Crippen LogP contribution in [-0.2, 0) is 14.3 Å². The third kappa shape index (κ3) is 5.74. The SMILES string of the molecule is O=C(O)CCC(=O)OC(CNc1ncccn1)c1ccccc1. The average Bonchev–Trinajstić information content (AvgIpc) is 2.58. The third-order valence-corrected chi connectivity index (χ3v) is 3.00. The van der Waals surface area contributed by atoms with E-state index in [9.17, 15) is 9.59 Å². The molecule has 1 unspecified atom stereocenters. The average molecular weight is 315 g/mol. The van der Waals surface area contributed by atoms with E-state index in [1.165, 1.54) is 0 Å². The molecular formula is C16H17N3O4. The number of carbonyl (C=O) groups is 2. The molecule has 0 aliphatic heterocycles. The number of carboxylic acids is 1. The molecule has 23 heavy (non-hydrogen) atoms. The lowest BCUT2D eigenvalue weighted by Gasteiger charge is -2.18. The van der Waals surface area contributed by atoms with Crippen LogP contribution < -0.4 is 5.32 Å². The van der Waals surface area contributed by atoms with Crippen molar-refractivity contribution in [1.29, 1.82) is 0 Å². The Bertz CT molecular complexity index is 634. The first kappa shape index (κ1) is 16.4. The summed E-state index contributed by atoms with van der Waals surface area (Å²) in [6.07, 6.45) is 2.23. The number of carbonyl (C=O) groups excluding carboxylic acids is 1. The van der Waals surface area contributed by atoms with E-state index in [2.05, 4.69) is 15.3 Å². The lowest BCUT2D eigenvalue weighted by molar-refractivity contribution is -0.151. The van der Waals surface area contributed by atoms with Crippen LogP contribution in [0.1, 0.15) is 24.5 Å². The molecule has 1 aromatic heterocycles. The summed E-state index contributed by atoms with van der Waals surface area (Å²) >= 11 is 0. The zero-order valence-electron chi connectivity index (χ0n) is 12.4. The molecule has 2 aromatic rings. The highest BCUT2D eigenvalue weighted by molar-refractivity contribution is 5.76. The van der Waals surface area contributed by atoms with E-state index in [-0.39, 0.29) is 19.4 Å². The van der Waals surface area contributed by atoms with Crippen molar-refractivity contribution >= 4 is 17.9 Å². The maximum absolute atomic E-state index is 11.8. The van der Waals surface area contributed by atoms with Crippen molar-refractivity contribution in [1.82, 2.24) is 9.97 Å². The molecule has 0 amide bonds. The standard InChI is InChI=1S/C16H17N3O4/c20-14(21)7-8-15(22)23-13(12-5-2-1-3-6-12)11-19-16-17-9-4-10-18-16/h1-6,9-10,13H,7-8,11H2,(H,20,21)(H,17,18,19). The van der Waals surface area contributed by atoms with Crippen LogP contribution in [0.15, 0.2) is 48.8 Å². The predicted octanol–water partition coefficient (Wildman–Crippen LogP) is 2.04. The molecule has 0 radical (unpaired) electrons. The maximum Gasteiger partial charge on any atom is 0.307 e. The maximum atomic E-state index is 11.8. The van der Waals surface area contributed by atoms with Crippen LogP contribution in [0.25, 0.3) is 0 Å². The number of carboxylic acid groups (broad SMARTS) is 1. The second kappa shape index (κ2) is 8.47. The number of nitrogens with zero attached hydrogens (tertiary/aromatic N) is 2. The van der Waals surface area contributed by atoms with E-state index in [0.717, 1.165) is 5.56 Å². The van der Waals surface area contributed by atoms with Gasteiger partial charge >= 0.3 is 11.9 Å². The zero-order valence-corrected chi connectivity index (χ0v) is 12.4.